The number of aliphatic carboxylic acids is 1. The van der Waals surface area contributed by atoms with Crippen molar-refractivity contribution in [3.05, 3.63) is 57.0 Å². The molecule has 9 heteroatoms. The van der Waals surface area contributed by atoms with Crippen LogP contribution in [0.2, 0.25) is 0 Å². The van der Waals surface area contributed by atoms with Crippen molar-refractivity contribution in [1.29, 1.82) is 0 Å². The maximum absolute atomic E-state index is 12.0. The Balaban J connectivity index is 0.000000409. The molecule has 148 valence electrons. The third-order valence-electron chi connectivity index (χ3n) is 3.74. The van der Waals surface area contributed by atoms with Gasteiger partial charge in [-0.2, -0.15) is 0 Å². The Hall–Kier alpha value is -3.04. The van der Waals surface area contributed by atoms with E-state index in [9.17, 15) is 14.4 Å². The molecule has 0 aliphatic rings. The summed E-state index contributed by atoms with van der Waals surface area (Å²) in [4.78, 5) is 42.1. The van der Waals surface area contributed by atoms with Crippen molar-refractivity contribution in [3.63, 3.8) is 0 Å². The minimum absolute atomic E-state index is 0.0417. The Bertz CT molecular complexity index is 1030. The van der Waals surface area contributed by atoms with Crippen molar-refractivity contribution < 1.29 is 14.7 Å². The lowest BCUT2D eigenvalue weighted by atomic mass is 10.1. The zero-order chi connectivity index (χ0) is 20.7. The van der Waals surface area contributed by atoms with E-state index in [4.69, 9.17) is 5.11 Å². The molecule has 3 aromatic rings. The maximum Gasteiger partial charge on any atom is 0.317 e. The largest absolute Gasteiger partial charge is 0.480 e. The third kappa shape index (κ3) is 5.73. The van der Waals surface area contributed by atoms with Gasteiger partial charge in [-0.05, 0) is 43.8 Å². The van der Waals surface area contributed by atoms with Crippen LogP contribution in [0.3, 0.4) is 0 Å². The molecule has 0 unspecified atom stereocenters. The fourth-order valence-electron chi connectivity index (χ4n) is 2.51. The van der Waals surface area contributed by atoms with Crippen LogP contribution in [-0.2, 0) is 11.3 Å². The zero-order valence-corrected chi connectivity index (χ0v) is 16.7. The molecule has 0 fully saturated rings. The van der Waals surface area contributed by atoms with Gasteiger partial charge >= 0.3 is 5.97 Å². The number of nitrogens with one attached hydrogen (secondary N) is 2. The van der Waals surface area contributed by atoms with Gasteiger partial charge < -0.3 is 20.3 Å². The predicted octanol–water partition coefficient (Wildman–Crippen LogP) is 2.03. The lowest BCUT2D eigenvalue weighted by molar-refractivity contribution is -0.135. The van der Waals surface area contributed by atoms with Crippen molar-refractivity contribution >= 4 is 39.5 Å². The molecule has 0 spiro atoms. The van der Waals surface area contributed by atoms with E-state index in [-0.39, 0.29) is 12.1 Å². The van der Waals surface area contributed by atoms with E-state index in [0.29, 0.717) is 28.1 Å². The molecule has 2 aromatic heterocycles. The number of rotatable bonds is 6. The highest BCUT2D eigenvalue weighted by Crippen LogP contribution is 2.25. The van der Waals surface area contributed by atoms with Crippen LogP contribution in [0.25, 0.3) is 10.9 Å². The number of hydrogen-bond acceptors (Lipinski definition) is 7. The van der Waals surface area contributed by atoms with Crippen LogP contribution in [0.5, 0.6) is 0 Å². The van der Waals surface area contributed by atoms with Gasteiger partial charge in [-0.25, -0.2) is 4.98 Å². The lowest BCUT2D eigenvalue weighted by Crippen LogP contribution is -2.16. The number of aromatic nitrogens is 2. The number of hydrogen-bond donors (Lipinski definition) is 3. The number of carbonyl (C=O) groups excluding carboxylic acids is 1. The molecular formula is C19H22N4O4S. The highest BCUT2D eigenvalue weighted by atomic mass is 32.1. The molecule has 3 rings (SSSR count). The number of aldehydes is 1. The van der Waals surface area contributed by atoms with E-state index < -0.39 is 5.97 Å². The second-order valence-electron chi connectivity index (χ2n) is 6.08. The Labute approximate surface area is 165 Å². The van der Waals surface area contributed by atoms with Crippen molar-refractivity contribution in [2.45, 2.75) is 13.5 Å². The summed E-state index contributed by atoms with van der Waals surface area (Å²) in [6, 6.07) is 9.44. The summed E-state index contributed by atoms with van der Waals surface area (Å²) in [5.41, 5.74) is 1.60. The first-order chi connectivity index (χ1) is 13.3. The minimum atomic E-state index is -0.822. The molecule has 0 radical (unpaired) electrons. The van der Waals surface area contributed by atoms with E-state index in [2.05, 4.69) is 20.2 Å². The van der Waals surface area contributed by atoms with Crippen LogP contribution < -0.4 is 15.8 Å². The molecule has 3 N–H and O–H groups in total. The minimum Gasteiger partial charge on any atom is -0.480 e. The molecule has 1 aromatic carbocycles. The van der Waals surface area contributed by atoms with Gasteiger partial charge in [0.05, 0.1) is 27.3 Å². The molecule has 0 atom stereocenters. The number of likely N-dealkylation sites (N-methyl/N-ethyl adjacent to an activating group) is 1. The van der Waals surface area contributed by atoms with Gasteiger partial charge in [-0.3, -0.25) is 14.4 Å². The van der Waals surface area contributed by atoms with Crippen LogP contribution in [0.1, 0.15) is 21.1 Å². The second kappa shape index (κ2) is 9.77. The summed E-state index contributed by atoms with van der Waals surface area (Å²) in [6.07, 6.45) is 0.853. The number of carboxylic acid groups (broad SMARTS) is 1. The molecule has 28 heavy (non-hydrogen) atoms. The number of H-pyrrole nitrogens is 1. The predicted molar refractivity (Wildman–Crippen MR) is 110 cm³/mol. The van der Waals surface area contributed by atoms with E-state index in [1.165, 1.54) is 11.3 Å². The molecular weight excluding hydrogens is 380 g/mol. The first-order valence-corrected chi connectivity index (χ1v) is 9.27. The smallest absolute Gasteiger partial charge is 0.317 e. The van der Waals surface area contributed by atoms with Gasteiger partial charge in [0.2, 0.25) is 0 Å². The number of benzene rings is 1. The van der Waals surface area contributed by atoms with Gasteiger partial charge in [0.25, 0.3) is 5.56 Å². The van der Waals surface area contributed by atoms with Crippen LogP contribution >= 0.6 is 11.3 Å². The molecule has 0 aliphatic carbocycles. The molecule has 0 amide bonds. The summed E-state index contributed by atoms with van der Waals surface area (Å²) in [6.45, 7) is 2.46. The van der Waals surface area contributed by atoms with Crippen molar-refractivity contribution in [2.75, 3.05) is 25.5 Å². The quantitative estimate of drug-likeness (QED) is 0.540. The molecule has 2 heterocycles. The highest BCUT2D eigenvalue weighted by molar-refractivity contribution is 7.17. The highest BCUT2D eigenvalue weighted by Gasteiger charge is 2.08. The summed E-state index contributed by atoms with van der Waals surface area (Å²) >= 11 is 1.45. The number of aromatic amines is 1. The number of carboxylic acids is 1. The number of nitrogens with zero attached hydrogens (tertiary/aromatic N) is 2. The Morgan fingerprint density at radius 2 is 2.11 bits per heavy atom. The van der Waals surface area contributed by atoms with E-state index in [0.717, 1.165) is 16.9 Å². The lowest BCUT2D eigenvalue weighted by Gasteiger charge is -2.17. The second-order valence-corrected chi connectivity index (χ2v) is 7.17. The number of aryl methyl sites for hydroxylation is 1. The first kappa shape index (κ1) is 21.3. The van der Waals surface area contributed by atoms with Crippen LogP contribution in [0.15, 0.2) is 35.1 Å². The van der Waals surface area contributed by atoms with E-state index >= 15 is 0 Å². The van der Waals surface area contributed by atoms with Crippen molar-refractivity contribution in [3.8, 4) is 0 Å². The van der Waals surface area contributed by atoms with Crippen molar-refractivity contribution in [1.82, 2.24) is 15.3 Å². The molecule has 0 saturated heterocycles. The number of fused-ring (bicyclic) bond motifs is 1. The van der Waals surface area contributed by atoms with Crippen molar-refractivity contribution in [2.24, 2.45) is 0 Å². The molecule has 0 saturated carbocycles. The summed E-state index contributed by atoms with van der Waals surface area (Å²) in [5.74, 6) is -0.208. The van der Waals surface area contributed by atoms with Gasteiger partial charge in [-0.1, -0.05) is 6.07 Å². The zero-order valence-electron chi connectivity index (χ0n) is 15.9. The summed E-state index contributed by atoms with van der Waals surface area (Å²) in [7, 11) is 3.55. The molecule has 8 nitrogen and oxygen atoms in total. The fraction of sp³-hybridized carbons (Fsp3) is 0.263. The average Bonchev–Trinajstić information content (AvgIpc) is 3.12. The standard InChI is InChI=1S/C16H15N3O2S.C3H7NO2/c1-10-17-14-5-3-11(7-13(14)16(21)18-10)8-19(2)15-6-4-12(9-20)22-15;1-4-2-3(5)6/h3-7,9H,8H2,1-2H3,(H,17,18,21);4H,2H2,1H3,(H,5,6). The van der Waals surface area contributed by atoms with Gasteiger partial charge in [0, 0.05) is 13.6 Å². The number of anilines is 1. The average molecular weight is 402 g/mol. The normalized spacial score (nSPS) is 10.2. The van der Waals surface area contributed by atoms with Crippen LogP contribution in [0, 0.1) is 6.92 Å². The van der Waals surface area contributed by atoms with Gasteiger partial charge in [0.1, 0.15) is 5.82 Å². The summed E-state index contributed by atoms with van der Waals surface area (Å²) in [5, 5.41) is 11.9. The van der Waals surface area contributed by atoms with E-state index in [1.807, 2.05) is 31.3 Å². The SMILES string of the molecule is CNCC(=O)O.Cc1nc2ccc(CN(C)c3ccc(C=O)s3)cc2c(=O)[nH]1. The maximum atomic E-state index is 12.0. The van der Waals surface area contributed by atoms with Gasteiger partial charge in [0.15, 0.2) is 6.29 Å². The number of thiophene rings is 1. The molecule has 0 aliphatic heterocycles. The first-order valence-electron chi connectivity index (χ1n) is 8.46. The monoisotopic (exact) mass is 402 g/mol. The molecule has 0 bridgehead atoms. The summed E-state index contributed by atoms with van der Waals surface area (Å²) < 4.78 is 0. The topological polar surface area (TPSA) is 115 Å². The fourth-order valence-corrected chi connectivity index (χ4v) is 3.30. The van der Waals surface area contributed by atoms with Crippen LogP contribution in [0.4, 0.5) is 5.00 Å². The third-order valence-corrected chi connectivity index (χ3v) is 4.87. The Morgan fingerprint density at radius 1 is 1.36 bits per heavy atom. The number of carbonyl (C=O) groups is 2. The Kier molecular flexibility index (Phi) is 7.42. The Morgan fingerprint density at radius 3 is 2.68 bits per heavy atom. The van der Waals surface area contributed by atoms with Crippen LogP contribution in [-0.4, -0.2) is 48.0 Å². The van der Waals surface area contributed by atoms with Gasteiger partial charge in [-0.15, -0.1) is 11.3 Å². The van der Waals surface area contributed by atoms with E-state index in [1.54, 1.807) is 20.0 Å².